The third kappa shape index (κ3) is 11.3. The summed E-state index contributed by atoms with van der Waals surface area (Å²) in [6.07, 6.45) is 3.01. The average molecular weight is 707 g/mol. The van der Waals surface area contributed by atoms with E-state index in [0.717, 1.165) is 0 Å². The van der Waals surface area contributed by atoms with Crippen LogP contribution in [0.1, 0.15) is 31.8 Å². The summed E-state index contributed by atoms with van der Waals surface area (Å²) in [6.45, 7) is 2.78. The van der Waals surface area contributed by atoms with Crippen molar-refractivity contribution in [2.45, 2.75) is 0 Å². The minimum Gasteiger partial charge on any atom is -0.497 e. The van der Waals surface area contributed by atoms with Gasteiger partial charge in [0.15, 0.2) is 0 Å². The van der Waals surface area contributed by atoms with Crippen LogP contribution in [-0.4, -0.2) is 99.5 Å². The summed E-state index contributed by atoms with van der Waals surface area (Å²) >= 11 is 0. The SMILES string of the molecule is COc1ccc(C(=O)Oc2ccc(/C=N/NC(=O)CN3CCN(CC(=O)N/N=C/c4ccc(OC(=O)c5ccc(OC)cc5)cc4)CC3)cc2)cc1. The van der Waals surface area contributed by atoms with E-state index in [0.29, 0.717) is 71.4 Å². The van der Waals surface area contributed by atoms with Crippen molar-refractivity contribution < 1.29 is 38.1 Å². The Kier molecular flexibility index (Phi) is 13.2. The van der Waals surface area contributed by atoms with E-state index in [4.69, 9.17) is 18.9 Å². The highest BCUT2D eigenvalue weighted by atomic mass is 16.5. The number of hydrazone groups is 2. The highest BCUT2D eigenvalue weighted by molar-refractivity contribution is 5.92. The summed E-state index contributed by atoms with van der Waals surface area (Å²) < 4.78 is 21.0. The molecule has 268 valence electrons. The van der Waals surface area contributed by atoms with E-state index in [9.17, 15) is 19.2 Å². The normalized spacial score (nSPS) is 13.4. The largest absolute Gasteiger partial charge is 0.497 e. The van der Waals surface area contributed by atoms with Crippen molar-refractivity contribution >= 4 is 36.2 Å². The molecule has 14 nitrogen and oxygen atoms in total. The fourth-order valence-corrected chi connectivity index (χ4v) is 4.97. The van der Waals surface area contributed by atoms with Crippen molar-refractivity contribution in [3.63, 3.8) is 0 Å². The van der Waals surface area contributed by atoms with Gasteiger partial charge in [-0.2, -0.15) is 10.2 Å². The zero-order chi connectivity index (χ0) is 36.7. The van der Waals surface area contributed by atoms with Crippen LogP contribution in [0.5, 0.6) is 23.0 Å². The quantitative estimate of drug-likeness (QED) is 0.0862. The van der Waals surface area contributed by atoms with Crippen molar-refractivity contribution in [1.29, 1.82) is 0 Å². The fourth-order valence-electron chi connectivity index (χ4n) is 4.97. The van der Waals surface area contributed by atoms with Crippen molar-refractivity contribution in [3.8, 4) is 23.0 Å². The van der Waals surface area contributed by atoms with E-state index in [1.807, 2.05) is 9.80 Å². The van der Waals surface area contributed by atoms with Gasteiger partial charge in [-0.15, -0.1) is 0 Å². The zero-order valence-corrected chi connectivity index (χ0v) is 28.7. The number of hydrogen-bond donors (Lipinski definition) is 2. The van der Waals surface area contributed by atoms with Gasteiger partial charge in [0.25, 0.3) is 11.8 Å². The van der Waals surface area contributed by atoms with Crippen LogP contribution in [0.4, 0.5) is 0 Å². The van der Waals surface area contributed by atoms with Gasteiger partial charge in [0, 0.05) is 26.2 Å². The molecule has 4 aromatic carbocycles. The van der Waals surface area contributed by atoms with Crippen LogP contribution in [0.25, 0.3) is 0 Å². The van der Waals surface area contributed by atoms with E-state index in [1.165, 1.54) is 12.4 Å². The summed E-state index contributed by atoms with van der Waals surface area (Å²) in [4.78, 5) is 53.5. The fraction of sp³-hybridized carbons (Fsp3) is 0.211. The van der Waals surface area contributed by atoms with Gasteiger partial charge < -0.3 is 18.9 Å². The molecule has 4 aromatic rings. The highest BCUT2D eigenvalue weighted by Gasteiger charge is 2.20. The molecule has 2 N–H and O–H groups in total. The zero-order valence-electron chi connectivity index (χ0n) is 28.7. The third-order valence-electron chi connectivity index (χ3n) is 7.84. The molecule has 0 saturated carbocycles. The molecule has 0 aromatic heterocycles. The van der Waals surface area contributed by atoms with Gasteiger partial charge >= 0.3 is 11.9 Å². The van der Waals surface area contributed by atoms with Crippen LogP contribution in [0, 0.1) is 0 Å². The van der Waals surface area contributed by atoms with Crippen LogP contribution in [-0.2, 0) is 9.59 Å². The lowest BCUT2D eigenvalue weighted by atomic mass is 10.2. The first kappa shape index (κ1) is 36.9. The van der Waals surface area contributed by atoms with Gasteiger partial charge in [-0.25, -0.2) is 20.4 Å². The molecule has 5 rings (SSSR count). The number of carbonyl (C=O) groups is 4. The Morgan fingerprint density at radius 1 is 0.538 bits per heavy atom. The van der Waals surface area contributed by atoms with E-state index in [2.05, 4.69) is 21.1 Å². The minimum atomic E-state index is -0.487. The maximum Gasteiger partial charge on any atom is 0.343 e. The van der Waals surface area contributed by atoms with Crippen molar-refractivity contribution in [3.05, 3.63) is 119 Å². The Bertz CT molecular complexity index is 1730. The summed E-state index contributed by atoms with van der Waals surface area (Å²) in [5, 5.41) is 8.05. The maximum atomic E-state index is 12.4. The van der Waals surface area contributed by atoms with Crippen LogP contribution in [0.3, 0.4) is 0 Å². The van der Waals surface area contributed by atoms with Crippen LogP contribution >= 0.6 is 0 Å². The number of nitrogens with one attached hydrogen (secondary N) is 2. The second-order valence-corrected chi connectivity index (χ2v) is 11.5. The van der Waals surface area contributed by atoms with Gasteiger partial charge in [0.05, 0.1) is 50.9 Å². The molecular formula is C38H38N6O8. The predicted octanol–water partition coefficient (Wildman–Crippen LogP) is 3.36. The second kappa shape index (κ2) is 18.6. The van der Waals surface area contributed by atoms with E-state index >= 15 is 0 Å². The third-order valence-corrected chi connectivity index (χ3v) is 7.84. The van der Waals surface area contributed by atoms with Crippen molar-refractivity contribution in [2.24, 2.45) is 10.2 Å². The number of amides is 2. The monoisotopic (exact) mass is 706 g/mol. The lowest BCUT2D eigenvalue weighted by Crippen LogP contribution is -2.51. The molecule has 1 heterocycles. The second-order valence-electron chi connectivity index (χ2n) is 11.5. The Hall–Kier alpha value is -6.38. The minimum absolute atomic E-state index is 0.168. The number of ether oxygens (including phenoxy) is 4. The van der Waals surface area contributed by atoms with Gasteiger partial charge in [0.2, 0.25) is 0 Å². The topological polar surface area (TPSA) is 160 Å². The Balaban J connectivity index is 0.951. The smallest absolute Gasteiger partial charge is 0.343 e. The molecular weight excluding hydrogens is 668 g/mol. The number of hydrogen-bond acceptors (Lipinski definition) is 12. The van der Waals surface area contributed by atoms with Gasteiger partial charge in [0.1, 0.15) is 23.0 Å². The molecule has 1 fully saturated rings. The standard InChI is InChI=1S/C38H38N6O8/c1-49-31-15-7-29(8-16-31)37(47)51-33-11-3-27(4-12-33)23-39-41-35(45)25-43-19-21-44(22-20-43)26-36(46)42-40-24-28-5-13-34(14-6-28)52-38(48)30-9-17-32(50-2)18-10-30/h3-18,23-24H,19-22,25-26H2,1-2H3,(H,41,45)(H,42,46)/b39-23+,40-24+. The van der Waals surface area contributed by atoms with Crippen LogP contribution in [0.2, 0.25) is 0 Å². The molecule has 1 aliphatic rings. The van der Waals surface area contributed by atoms with E-state index in [1.54, 1.807) is 111 Å². The molecule has 0 unspecified atom stereocenters. The first-order valence-electron chi connectivity index (χ1n) is 16.3. The summed E-state index contributed by atoms with van der Waals surface area (Å²) in [5.74, 6) is 0.550. The number of methoxy groups -OCH3 is 2. The van der Waals surface area contributed by atoms with E-state index < -0.39 is 11.9 Å². The van der Waals surface area contributed by atoms with Crippen molar-refractivity contribution in [1.82, 2.24) is 20.7 Å². The Labute approximate surface area is 300 Å². The number of piperazine rings is 1. The van der Waals surface area contributed by atoms with Gasteiger partial charge in [-0.3, -0.25) is 19.4 Å². The first-order valence-corrected chi connectivity index (χ1v) is 16.3. The maximum absolute atomic E-state index is 12.4. The van der Waals surface area contributed by atoms with Gasteiger partial charge in [-0.05, 0) is 108 Å². The first-order chi connectivity index (χ1) is 25.3. The number of carbonyl (C=O) groups excluding carboxylic acids is 4. The average Bonchev–Trinajstić information content (AvgIpc) is 3.17. The molecule has 0 aliphatic carbocycles. The predicted molar refractivity (Wildman–Crippen MR) is 193 cm³/mol. The van der Waals surface area contributed by atoms with Crippen LogP contribution < -0.4 is 29.8 Å². The molecule has 1 aliphatic heterocycles. The summed E-state index contributed by atoms with van der Waals surface area (Å²) in [5.41, 5.74) is 7.28. The molecule has 1 saturated heterocycles. The van der Waals surface area contributed by atoms with Gasteiger partial charge in [-0.1, -0.05) is 0 Å². The lowest BCUT2D eigenvalue weighted by Gasteiger charge is -2.33. The molecule has 0 spiro atoms. The van der Waals surface area contributed by atoms with E-state index in [-0.39, 0.29) is 24.9 Å². The van der Waals surface area contributed by atoms with Crippen LogP contribution in [0.15, 0.2) is 107 Å². The number of rotatable bonds is 14. The molecule has 0 bridgehead atoms. The summed E-state index contributed by atoms with van der Waals surface area (Å²) in [6, 6.07) is 26.7. The molecule has 0 radical (unpaired) electrons. The lowest BCUT2D eigenvalue weighted by molar-refractivity contribution is -0.124. The Morgan fingerprint density at radius 3 is 1.19 bits per heavy atom. The molecule has 14 heteroatoms. The molecule has 2 amide bonds. The summed E-state index contributed by atoms with van der Waals surface area (Å²) in [7, 11) is 3.10. The highest BCUT2D eigenvalue weighted by Crippen LogP contribution is 2.18. The number of nitrogens with zero attached hydrogens (tertiary/aromatic N) is 4. The molecule has 0 atom stereocenters. The number of esters is 2. The number of benzene rings is 4. The Morgan fingerprint density at radius 2 is 0.865 bits per heavy atom. The van der Waals surface area contributed by atoms with Crippen molar-refractivity contribution in [2.75, 3.05) is 53.5 Å². The molecule has 52 heavy (non-hydrogen) atoms.